The zero-order chi connectivity index (χ0) is 49.7. The van der Waals surface area contributed by atoms with Crippen LogP contribution in [0.5, 0.6) is 0 Å². The SMILES string of the molecule is C/C=C/C(=NC)c1cc(C2=C(c3cccc(-c4ccccc4C)c3C)C=CCC2)c(Cc2ccccc2-c2ccccc2C)c(-c2ccccc2-c2cccc(-c3ccccc3C)c2C)c1.CC.CC. The van der Waals surface area contributed by atoms with Crippen molar-refractivity contribution in [2.45, 2.75) is 88.5 Å². The Hall–Kier alpha value is -7.35. The quantitative estimate of drug-likeness (QED) is 0.115. The van der Waals surface area contributed by atoms with E-state index in [9.17, 15) is 0 Å². The van der Waals surface area contributed by atoms with Gasteiger partial charge in [-0.1, -0.05) is 204 Å². The predicted octanol–water partition coefficient (Wildman–Crippen LogP) is 19.5. The molecular formula is C69H71N. The zero-order valence-corrected chi connectivity index (χ0v) is 43.5. The molecule has 0 amide bonds. The van der Waals surface area contributed by atoms with E-state index in [1.165, 1.54) is 117 Å². The molecule has 352 valence electrons. The Morgan fingerprint density at radius 2 is 0.871 bits per heavy atom. The molecule has 1 nitrogen and oxygen atoms in total. The van der Waals surface area contributed by atoms with Crippen LogP contribution in [0.15, 0.2) is 199 Å². The van der Waals surface area contributed by atoms with E-state index in [1.807, 2.05) is 34.7 Å². The third-order valence-corrected chi connectivity index (χ3v) is 13.8. The van der Waals surface area contributed by atoms with Crippen molar-refractivity contribution in [1.82, 2.24) is 0 Å². The molecule has 0 N–H and O–H groups in total. The van der Waals surface area contributed by atoms with Crippen LogP contribution in [0.4, 0.5) is 0 Å². The Morgan fingerprint density at radius 1 is 0.457 bits per heavy atom. The number of allylic oxidation sites excluding steroid dienone is 6. The molecule has 0 bridgehead atoms. The molecule has 1 aliphatic rings. The highest BCUT2D eigenvalue weighted by atomic mass is 14.7. The van der Waals surface area contributed by atoms with Crippen LogP contribution in [0, 0.1) is 34.6 Å². The molecule has 0 saturated heterocycles. The first-order valence-electron chi connectivity index (χ1n) is 25.5. The third kappa shape index (κ3) is 10.5. The maximum absolute atomic E-state index is 4.94. The highest BCUT2D eigenvalue weighted by Crippen LogP contribution is 2.46. The molecule has 8 aromatic carbocycles. The zero-order valence-electron chi connectivity index (χ0n) is 43.5. The summed E-state index contributed by atoms with van der Waals surface area (Å²) >= 11 is 0. The number of hydrogen-bond acceptors (Lipinski definition) is 1. The minimum atomic E-state index is 0.747. The molecule has 8 aromatic rings. The molecule has 0 atom stereocenters. The van der Waals surface area contributed by atoms with Crippen molar-refractivity contribution in [1.29, 1.82) is 0 Å². The van der Waals surface area contributed by atoms with E-state index >= 15 is 0 Å². The first-order chi connectivity index (χ1) is 34.3. The molecule has 0 spiro atoms. The van der Waals surface area contributed by atoms with E-state index in [0.717, 1.165) is 30.5 Å². The second kappa shape index (κ2) is 23.8. The number of rotatable bonds is 11. The number of aryl methyl sites for hydroxylation is 3. The lowest BCUT2D eigenvalue weighted by molar-refractivity contribution is 1.05. The van der Waals surface area contributed by atoms with E-state index in [1.54, 1.807) is 0 Å². The first kappa shape index (κ1) is 50.5. The van der Waals surface area contributed by atoms with Crippen molar-refractivity contribution in [2.24, 2.45) is 4.99 Å². The summed E-state index contributed by atoms with van der Waals surface area (Å²) in [5.41, 5.74) is 28.9. The summed E-state index contributed by atoms with van der Waals surface area (Å²) in [4.78, 5) is 4.94. The molecule has 9 rings (SSSR count). The van der Waals surface area contributed by atoms with Gasteiger partial charge in [-0.2, -0.15) is 0 Å². The lowest BCUT2D eigenvalue weighted by atomic mass is 9.78. The van der Waals surface area contributed by atoms with Gasteiger partial charge in [-0.05, 0) is 196 Å². The largest absolute Gasteiger partial charge is 0.288 e. The minimum Gasteiger partial charge on any atom is -0.288 e. The number of nitrogens with zero attached hydrogens (tertiary/aromatic N) is 1. The summed E-state index contributed by atoms with van der Waals surface area (Å²) in [5.74, 6) is 0. The van der Waals surface area contributed by atoms with Gasteiger partial charge in [0.15, 0.2) is 0 Å². The summed E-state index contributed by atoms with van der Waals surface area (Å²) in [6.07, 6.45) is 11.7. The molecule has 0 heterocycles. The minimum absolute atomic E-state index is 0.747. The first-order valence-corrected chi connectivity index (χ1v) is 25.5. The molecule has 0 unspecified atom stereocenters. The van der Waals surface area contributed by atoms with Crippen molar-refractivity contribution in [3.05, 3.63) is 250 Å². The van der Waals surface area contributed by atoms with Gasteiger partial charge in [0.25, 0.3) is 0 Å². The Labute approximate surface area is 420 Å². The maximum atomic E-state index is 4.94. The van der Waals surface area contributed by atoms with Gasteiger partial charge in [-0.3, -0.25) is 4.99 Å². The van der Waals surface area contributed by atoms with Crippen molar-refractivity contribution >= 4 is 16.9 Å². The number of benzene rings is 8. The van der Waals surface area contributed by atoms with E-state index in [2.05, 4.69) is 236 Å². The average Bonchev–Trinajstić information content (AvgIpc) is 3.40. The van der Waals surface area contributed by atoms with Gasteiger partial charge < -0.3 is 0 Å². The highest BCUT2D eigenvalue weighted by molar-refractivity contribution is 6.11. The molecule has 0 saturated carbocycles. The molecule has 1 heteroatoms. The van der Waals surface area contributed by atoms with Gasteiger partial charge in [0, 0.05) is 12.6 Å². The van der Waals surface area contributed by atoms with E-state index in [-0.39, 0.29) is 0 Å². The predicted molar refractivity (Wildman–Crippen MR) is 308 cm³/mol. The third-order valence-electron chi connectivity index (χ3n) is 13.8. The van der Waals surface area contributed by atoms with E-state index in [0.29, 0.717) is 0 Å². The monoisotopic (exact) mass is 914 g/mol. The molecule has 0 aromatic heterocycles. The highest BCUT2D eigenvalue weighted by Gasteiger charge is 2.25. The standard InChI is InChI=1S/C65H59N.2C2H6/c1-8-23-65(66-7)49-41-62(60-34-19-17-32-58(60)55-38-21-36-53(46(55)5)50-28-13-9-24-43(50)2)64(40-48-27-12-16-31-57(48)52-30-15-11-26-45(52)4)63(42-49)61-35-20-18-33-59(61)56-39-22-37-54(47(56)6)51-29-14-10-25-44(51)3;2*1-2/h8-19,21-34,36-39,41-42H,20,35,40H2,1-7H3;2*1-2H3/b23-8+,66-65?;;. The van der Waals surface area contributed by atoms with Crippen molar-refractivity contribution < 1.29 is 0 Å². The Bertz CT molecular complexity index is 3240. The smallest absolute Gasteiger partial charge is 0.0640 e. The number of hydrogen-bond donors (Lipinski definition) is 0. The Morgan fingerprint density at radius 3 is 1.40 bits per heavy atom. The lowest BCUT2D eigenvalue weighted by Crippen LogP contribution is -2.08. The summed E-state index contributed by atoms with van der Waals surface area (Å²) < 4.78 is 0. The van der Waals surface area contributed by atoms with Crippen LogP contribution in [-0.2, 0) is 6.42 Å². The Kier molecular flexibility index (Phi) is 17.2. The molecule has 70 heavy (non-hydrogen) atoms. The molecule has 0 radical (unpaired) electrons. The topological polar surface area (TPSA) is 12.4 Å². The van der Waals surface area contributed by atoms with Crippen LogP contribution in [0.3, 0.4) is 0 Å². The van der Waals surface area contributed by atoms with Crippen molar-refractivity contribution in [3.8, 4) is 55.6 Å². The van der Waals surface area contributed by atoms with Crippen LogP contribution >= 0.6 is 0 Å². The average molecular weight is 914 g/mol. The summed E-state index contributed by atoms with van der Waals surface area (Å²) in [6.45, 7) is 21.3. The van der Waals surface area contributed by atoms with Gasteiger partial charge in [0.1, 0.15) is 0 Å². The van der Waals surface area contributed by atoms with Gasteiger partial charge in [-0.15, -0.1) is 0 Å². The Balaban J connectivity index is 0.00000176. The van der Waals surface area contributed by atoms with Gasteiger partial charge in [0.05, 0.1) is 5.71 Å². The lowest BCUT2D eigenvalue weighted by Gasteiger charge is -2.26. The summed E-state index contributed by atoms with van der Waals surface area (Å²) in [6, 6.07) is 63.0. The van der Waals surface area contributed by atoms with Crippen LogP contribution in [0.25, 0.3) is 66.8 Å². The summed E-state index contributed by atoms with van der Waals surface area (Å²) in [7, 11) is 1.92. The maximum Gasteiger partial charge on any atom is 0.0640 e. The molecular weight excluding hydrogens is 843 g/mol. The van der Waals surface area contributed by atoms with Crippen LogP contribution in [0.1, 0.15) is 103 Å². The fourth-order valence-electron chi connectivity index (χ4n) is 10.3. The fourth-order valence-corrected chi connectivity index (χ4v) is 10.3. The molecule has 1 aliphatic carbocycles. The van der Waals surface area contributed by atoms with Crippen molar-refractivity contribution in [3.63, 3.8) is 0 Å². The molecule has 0 aliphatic heterocycles. The fraction of sp³-hybridized carbons (Fsp3) is 0.203. The second-order valence-electron chi connectivity index (χ2n) is 17.8. The number of aliphatic imine (C=N–C) groups is 1. The van der Waals surface area contributed by atoms with Crippen LogP contribution in [0.2, 0.25) is 0 Å². The van der Waals surface area contributed by atoms with Crippen molar-refractivity contribution in [2.75, 3.05) is 7.05 Å². The van der Waals surface area contributed by atoms with Gasteiger partial charge in [0.2, 0.25) is 0 Å². The van der Waals surface area contributed by atoms with E-state index in [4.69, 9.17) is 4.99 Å². The van der Waals surface area contributed by atoms with Gasteiger partial charge in [-0.25, -0.2) is 0 Å². The van der Waals surface area contributed by atoms with E-state index < -0.39 is 0 Å². The van der Waals surface area contributed by atoms with Crippen LogP contribution < -0.4 is 0 Å². The van der Waals surface area contributed by atoms with Gasteiger partial charge >= 0.3 is 0 Å². The van der Waals surface area contributed by atoms with Crippen LogP contribution in [-0.4, -0.2) is 12.8 Å². The molecule has 0 fully saturated rings. The normalized spacial score (nSPS) is 12.4. The summed E-state index contributed by atoms with van der Waals surface area (Å²) in [5, 5.41) is 0. The second-order valence-corrected chi connectivity index (χ2v) is 17.8.